The summed E-state index contributed by atoms with van der Waals surface area (Å²) in [6.45, 7) is 3.94. The SMILES string of the molecule is Cc1[nH]cnc1CSC(C)N=C(N)N. The lowest BCUT2D eigenvalue weighted by atomic mass is 10.4. The van der Waals surface area contributed by atoms with Gasteiger partial charge in [-0.2, -0.15) is 0 Å². The smallest absolute Gasteiger partial charge is 0.187 e. The van der Waals surface area contributed by atoms with Crippen molar-refractivity contribution in [3.8, 4) is 0 Å². The molecule has 0 aromatic carbocycles. The fraction of sp³-hybridized carbons (Fsp3) is 0.500. The maximum absolute atomic E-state index is 5.26. The number of aryl methyl sites for hydroxylation is 1. The topological polar surface area (TPSA) is 93.1 Å². The molecule has 5 N–H and O–H groups in total. The number of H-pyrrole nitrogens is 1. The molecule has 78 valence electrons. The zero-order valence-electron chi connectivity index (χ0n) is 8.32. The van der Waals surface area contributed by atoms with Gasteiger partial charge in [0.1, 0.15) is 0 Å². The number of guanidine groups is 1. The number of aromatic amines is 1. The van der Waals surface area contributed by atoms with Crippen LogP contribution in [0.25, 0.3) is 0 Å². The van der Waals surface area contributed by atoms with Crippen molar-refractivity contribution in [3.63, 3.8) is 0 Å². The second-order valence-corrected chi connectivity index (χ2v) is 4.24. The Bertz CT molecular complexity index is 315. The lowest BCUT2D eigenvalue weighted by molar-refractivity contribution is 1.02. The first kappa shape index (κ1) is 10.9. The fourth-order valence-corrected chi connectivity index (χ4v) is 1.87. The standard InChI is InChI=1S/C8H15N5S/c1-5-7(12-4-11-5)3-14-6(2)13-8(9)10/h4,6H,3H2,1-2H3,(H,11,12)(H4,9,10,13). The monoisotopic (exact) mass is 213 g/mol. The quantitative estimate of drug-likeness (QED) is 0.503. The van der Waals surface area contributed by atoms with Crippen LogP contribution >= 0.6 is 11.8 Å². The van der Waals surface area contributed by atoms with Gasteiger partial charge in [-0.3, -0.25) is 0 Å². The van der Waals surface area contributed by atoms with Crippen molar-refractivity contribution in [1.29, 1.82) is 0 Å². The molecule has 0 bridgehead atoms. The maximum atomic E-state index is 5.26. The van der Waals surface area contributed by atoms with Crippen molar-refractivity contribution >= 4 is 17.7 Å². The van der Waals surface area contributed by atoms with Gasteiger partial charge in [0.15, 0.2) is 5.96 Å². The molecule has 0 fully saturated rings. The molecule has 1 unspecified atom stereocenters. The first-order valence-corrected chi connectivity index (χ1v) is 5.33. The minimum Gasteiger partial charge on any atom is -0.370 e. The summed E-state index contributed by atoms with van der Waals surface area (Å²) in [6, 6.07) is 0. The number of hydrogen-bond acceptors (Lipinski definition) is 3. The fourth-order valence-electron chi connectivity index (χ4n) is 0.979. The van der Waals surface area contributed by atoms with Gasteiger partial charge in [-0.05, 0) is 13.8 Å². The Morgan fingerprint density at radius 3 is 2.93 bits per heavy atom. The summed E-state index contributed by atoms with van der Waals surface area (Å²) in [5.74, 6) is 0.941. The molecular weight excluding hydrogens is 198 g/mol. The van der Waals surface area contributed by atoms with Gasteiger partial charge in [-0.1, -0.05) is 0 Å². The highest BCUT2D eigenvalue weighted by atomic mass is 32.2. The number of nitrogens with two attached hydrogens (primary N) is 2. The zero-order valence-corrected chi connectivity index (χ0v) is 9.14. The number of hydrogen-bond donors (Lipinski definition) is 3. The molecule has 1 aromatic rings. The molecule has 6 heteroatoms. The molecule has 0 aliphatic heterocycles. The van der Waals surface area contributed by atoms with Crippen LogP contribution in [0.3, 0.4) is 0 Å². The van der Waals surface area contributed by atoms with Gasteiger partial charge in [-0.15, -0.1) is 11.8 Å². The molecule has 1 atom stereocenters. The third-order valence-electron chi connectivity index (χ3n) is 1.73. The summed E-state index contributed by atoms with van der Waals surface area (Å²) in [4.78, 5) is 11.2. The Hall–Kier alpha value is -1.17. The Labute approximate surface area is 87.4 Å². The van der Waals surface area contributed by atoms with E-state index in [0.29, 0.717) is 0 Å². The summed E-state index contributed by atoms with van der Waals surface area (Å²) in [7, 11) is 0. The summed E-state index contributed by atoms with van der Waals surface area (Å²) in [5.41, 5.74) is 12.7. The van der Waals surface area contributed by atoms with Crippen LogP contribution < -0.4 is 11.5 Å². The number of thioether (sulfide) groups is 1. The maximum Gasteiger partial charge on any atom is 0.187 e. The van der Waals surface area contributed by atoms with E-state index in [2.05, 4.69) is 15.0 Å². The second-order valence-electron chi connectivity index (χ2n) is 2.94. The van der Waals surface area contributed by atoms with Crippen LogP contribution in [0.2, 0.25) is 0 Å². The highest BCUT2D eigenvalue weighted by molar-refractivity contribution is 7.99. The Morgan fingerprint density at radius 2 is 2.43 bits per heavy atom. The van der Waals surface area contributed by atoms with Crippen molar-refractivity contribution in [1.82, 2.24) is 9.97 Å². The molecule has 0 spiro atoms. The molecule has 0 radical (unpaired) electrons. The molecule has 0 amide bonds. The average Bonchev–Trinajstić information content (AvgIpc) is 2.46. The third-order valence-corrected chi connectivity index (χ3v) is 2.75. The van der Waals surface area contributed by atoms with Crippen LogP contribution in [0.1, 0.15) is 18.3 Å². The molecule has 1 rings (SSSR count). The Kier molecular flexibility index (Phi) is 3.82. The van der Waals surface area contributed by atoms with E-state index in [4.69, 9.17) is 11.5 Å². The van der Waals surface area contributed by atoms with E-state index in [9.17, 15) is 0 Å². The Morgan fingerprint density at radius 1 is 1.71 bits per heavy atom. The van der Waals surface area contributed by atoms with Crippen molar-refractivity contribution < 1.29 is 0 Å². The van der Waals surface area contributed by atoms with Crippen LogP contribution in [0, 0.1) is 6.92 Å². The van der Waals surface area contributed by atoms with Crippen LogP contribution in [0.15, 0.2) is 11.3 Å². The molecule has 1 aromatic heterocycles. The molecule has 14 heavy (non-hydrogen) atoms. The number of rotatable bonds is 4. The molecule has 0 saturated carbocycles. The van der Waals surface area contributed by atoms with E-state index in [-0.39, 0.29) is 11.3 Å². The van der Waals surface area contributed by atoms with Gasteiger partial charge in [0, 0.05) is 11.4 Å². The molecule has 0 aliphatic rings. The number of aliphatic imine (C=N–C) groups is 1. The zero-order chi connectivity index (χ0) is 10.6. The molecule has 5 nitrogen and oxygen atoms in total. The number of nitrogens with one attached hydrogen (secondary N) is 1. The predicted molar refractivity (Wildman–Crippen MR) is 59.9 cm³/mol. The van der Waals surface area contributed by atoms with Gasteiger partial charge in [0.25, 0.3) is 0 Å². The van der Waals surface area contributed by atoms with Crippen LogP contribution in [-0.4, -0.2) is 21.3 Å². The van der Waals surface area contributed by atoms with Crippen LogP contribution in [0.5, 0.6) is 0 Å². The van der Waals surface area contributed by atoms with Gasteiger partial charge >= 0.3 is 0 Å². The molecular formula is C8H15N5S. The number of nitrogens with zero attached hydrogens (tertiary/aromatic N) is 2. The predicted octanol–water partition coefficient (Wildman–Crippen LogP) is 0.571. The summed E-state index contributed by atoms with van der Waals surface area (Å²) >= 11 is 1.65. The largest absolute Gasteiger partial charge is 0.370 e. The first-order valence-electron chi connectivity index (χ1n) is 4.28. The third kappa shape index (κ3) is 3.29. The summed E-state index contributed by atoms with van der Waals surface area (Å²) in [5, 5.41) is 0.0658. The van der Waals surface area contributed by atoms with Gasteiger partial charge in [0.2, 0.25) is 0 Å². The van der Waals surface area contributed by atoms with E-state index >= 15 is 0 Å². The van der Waals surface area contributed by atoms with Gasteiger partial charge in [0.05, 0.1) is 17.4 Å². The second kappa shape index (κ2) is 4.90. The lowest BCUT2D eigenvalue weighted by Crippen LogP contribution is -2.24. The van der Waals surface area contributed by atoms with E-state index in [1.807, 2.05) is 13.8 Å². The van der Waals surface area contributed by atoms with Crippen molar-refractivity contribution in [3.05, 3.63) is 17.7 Å². The highest BCUT2D eigenvalue weighted by Crippen LogP contribution is 2.18. The molecule has 0 aliphatic carbocycles. The summed E-state index contributed by atoms with van der Waals surface area (Å²) in [6.07, 6.45) is 1.69. The first-order chi connectivity index (χ1) is 6.59. The number of aromatic nitrogens is 2. The minimum atomic E-state index is 0.0658. The van der Waals surface area contributed by atoms with E-state index in [1.54, 1.807) is 18.1 Å². The van der Waals surface area contributed by atoms with Crippen molar-refractivity contribution in [2.45, 2.75) is 25.0 Å². The van der Waals surface area contributed by atoms with E-state index < -0.39 is 0 Å². The Balaban J connectivity index is 2.42. The highest BCUT2D eigenvalue weighted by Gasteiger charge is 2.04. The van der Waals surface area contributed by atoms with Crippen molar-refractivity contribution in [2.24, 2.45) is 16.5 Å². The van der Waals surface area contributed by atoms with E-state index in [0.717, 1.165) is 17.1 Å². The van der Waals surface area contributed by atoms with Crippen LogP contribution in [-0.2, 0) is 5.75 Å². The van der Waals surface area contributed by atoms with Crippen LogP contribution in [0.4, 0.5) is 0 Å². The molecule has 1 heterocycles. The number of imidazole rings is 1. The lowest BCUT2D eigenvalue weighted by Gasteiger charge is -2.05. The summed E-state index contributed by atoms with van der Waals surface area (Å²) < 4.78 is 0. The normalized spacial score (nSPS) is 12.4. The molecule has 0 saturated heterocycles. The minimum absolute atomic E-state index is 0.0658. The van der Waals surface area contributed by atoms with E-state index in [1.165, 1.54) is 0 Å². The van der Waals surface area contributed by atoms with Gasteiger partial charge < -0.3 is 16.5 Å². The van der Waals surface area contributed by atoms with Gasteiger partial charge in [-0.25, -0.2) is 9.98 Å². The average molecular weight is 213 g/mol. The van der Waals surface area contributed by atoms with Crippen molar-refractivity contribution in [2.75, 3.05) is 0 Å².